The van der Waals surface area contributed by atoms with Crippen molar-refractivity contribution in [2.24, 2.45) is 5.73 Å². The average Bonchev–Trinajstić information content (AvgIpc) is 2.39. The molecule has 2 aromatic rings. The van der Waals surface area contributed by atoms with Crippen molar-refractivity contribution in [1.29, 1.82) is 0 Å². The van der Waals surface area contributed by atoms with E-state index >= 15 is 0 Å². The molecule has 18 heavy (non-hydrogen) atoms. The fourth-order valence-corrected chi connectivity index (χ4v) is 2.20. The molecule has 0 radical (unpaired) electrons. The molecule has 0 saturated carbocycles. The van der Waals surface area contributed by atoms with Gasteiger partial charge in [0.25, 0.3) is 0 Å². The van der Waals surface area contributed by atoms with Crippen LogP contribution in [-0.2, 0) is 0 Å². The largest absolute Gasteiger partial charge is 0.329 e. The van der Waals surface area contributed by atoms with Crippen LogP contribution >= 0.6 is 0 Å². The molecular formula is C15H21N3. The summed E-state index contributed by atoms with van der Waals surface area (Å²) in [5, 5.41) is 1.17. The molecule has 0 spiro atoms. The lowest BCUT2D eigenvalue weighted by Gasteiger charge is -2.30. The van der Waals surface area contributed by atoms with E-state index in [4.69, 9.17) is 5.73 Å². The first-order valence-electron chi connectivity index (χ1n) is 6.40. The second-order valence-electron chi connectivity index (χ2n) is 4.97. The van der Waals surface area contributed by atoms with Crippen LogP contribution in [0.2, 0.25) is 0 Å². The highest BCUT2D eigenvalue weighted by atomic mass is 15.2. The van der Waals surface area contributed by atoms with Crippen LogP contribution in [0.5, 0.6) is 0 Å². The summed E-state index contributed by atoms with van der Waals surface area (Å²) in [6, 6.07) is 11.2. The summed E-state index contributed by atoms with van der Waals surface area (Å²) in [5.74, 6) is 0. The Labute approximate surface area is 109 Å². The first-order valence-corrected chi connectivity index (χ1v) is 6.40. The van der Waals surface area contributed by atoms with Gasteiger partial charge in [0.05, 0.1) is 5.52 Å². The number of nitrogens with two attached hydrogens (primary N) is 1. The van der Waals surface area contributed by atoms with E-state index in [1.54, 1.807) is 0 Å². The van der Waals surface area contributed by atoms with Crippen LogP contribution < -0.4 is 5.73 Å². The maximum Gasteiger partial charge on any atom is 0.0702 e. The molecular weight excluding hydrogens is 222 g/mol. The molecule has 2 N–H and O–H groups in total. The minimum Gasteiger partial charge on any atom is -0.329 e. The van der Waals surface area contributed by atoms with Crippen molar-refractivity contribution < 1.29 is 0 Å². The van der Waals surface area contributed by atoms with Gasteiger partial charge in [0.15, 0.2) is 0 Å². The monoisotopic (exact) mass is 243 g/mol. The number of nitrogens with zero attached hydrogens (tertiary/aromatic N) is 2. The van der Waals surface area contributed by atoms with Crippen LogP contribution in [0.25, 0.3) is 10.9 Å². The maximum absolute atomic E-state index is 5.93. The molecule has 2 rings (SSSR count). The number of fused-ring (bicyclic) bond motifs is 1. The highest BCUT2D eigenvalue weighted by Crippen LogP contribution is 2.23. The number of benzene rings is 1. The van der Waals surface area contributed by atoms with Gasteiger partial charge in [-0.2, -0.15) is 0 Å². The van der Waals surface area contributed by atoms with Gasteiger partial charge in [-0.1, -0.05) is 12.1 Å². The van der Waals surface area contributed by atoms with Crippen molar-refractivity contribution in [2.45, 2.75) is 25.9 Å². The van der Waals surface area contributed by atoms with E-state index < -0.39 is 0 Å². The molecule has 1 aromatic carbocycles. The lowest BCUT2D eigenvalue weighted by molar-refractivity contribution is 0.201. The smallest absolute Gasteiger partial charge is 0.0702 e. The second kappa shape index (κ2) is 5.46. The molecule has 3 heteroatoms. The molecule has 1 aromatic heterocycles. The standard InChI is InChI=1S/C15H21N3/c1-11(2)18(3)15(10-16)13-6-7-14-12(9-13)5-4-8-17-14/h4-9,11,15H,10,16H2,1-3H3. The van der Waals surface area contributed by atoms with Gasteiger partial charge < -0.3 is 5.73 Å². The van der Waals surface area contributed by atoms with Crippen LogP contribution in [0.3, 0.4) is 0 Å². The number of hydrogen-bond donors (Lipinski definition) is 1. The Hall–Kier alpha value is -1.45. The van der Waals surface area contributed by atoms with Crippen LogP contribution in [0.1, 0.15) is 25.5 Å². The fourth-order valence-electron chi connectivity index (χ4n) is 2.20. The van der Waals surface area contributed by atoms with Gasteiger partial charge in [-0.05, 0) is 44.7 Å². The lowest BCUT2D eigenvalue weighted by Crippen LogP contribution is -2.35. The van der Waals surface area contributed by atoms with Gasteiger partial charge in [-0.3, -0.25) is 9.88 Å². The van der Waals surface area contributed by atoms with Crippen LogP contribution in [0.15, 0.2) is 36.5 Å². The zero-order valence-corrected chi connectivity index (χ0v) is 11.3. The molecule has 0 amide bonds. The first-order chi connectivity index (χ1) is 8.63. The lowest BCUT2D eigenvalue weighted by atomic mass is 10.0. The van der Waals surface area contributed by atoms with Crippen molar-refractivity contribution in [3.8, 4) is 0 Å². The summed E-state index contributed by atoms with van der Waals surface area (Å²) >= 11 is 0. The topological polar surface area (TPSA) is 42.1 Å². The number of likely N-dealkylation sites (N-methyl/N-ethyl adjacent to an activating group) is 1. The Balaban J connectivity index is 2.39. The minimum absolute atomic E-state index is 0.259. The van der Waals surface area contributed by atoms with E-state index in [-0.39, 0.29) is 6.04 Å². The van der Waals surface area contributed by atoms with Gasteiger partial charge in [0.2, 0.25) is 0 Å². The Bertz CT molecular complexity index is 522. The summed E-state index contributed by atoms with van der Waals surface area (Å²) in [6.07, 6.45) is 1.82. The van der Waals surface area contributed by atoms with Gasteiger partial charge in [-0.15, -0.1) is 0 Å². The van der Waals surface area contributed by atoms with Crippen molar-refractivity contribution in [1.82, 2.24) is 9.88 Å². The van der Waals surface area contributed by atoms with E-state index in [9.17, 15) is 0 Å². The summed E-state index contributed by atoms with van der Waals surface area (Å²) in [5.41, 5.74) is 8.22. The summed E-state index contributed by atoms with van der Waals surface area (Å²) < 4.78 is 0. The molecule has 0 aliphatic heterocycles. The molecule has 96 valence electrons. The fraction of sp³-hybridized carbons (Fsp3) is 0.400. The van der Waals surface area contributed by atoms with E-state index in [2.05, 4.69) is 55.0 Å². The molecule has 0 saturated heterocycles. The van der Waals surface area contributed by atoms with Crippen molar-refractivity contribution in [3.63, 3.8) is 0 Å². The van der Waals surface area contributed by atoms with Gasteiger partial charge in [-0.25, -0.2) is 0 Å². The quantitative estimate of drug-likeness (QED) is 0.897. The number of rotatable bonds is 4. The molecule has 0 fully saturated rings. The van der Waals surface area contributed by atoms with Crippen molar-refractivity contribution in [3.05, 3.63) is 42.1 Å². The van der Waals surface area contributed by atoms with E-state index in [0.717, 1.165) is 5.52 Å². The highest BCUT2D eigenvalue weighted by molar-refractivity contribution is 5.79. The van der Waals surface area contributed by atoms with Crippen molar-refractivity contribution in [2.75, 3.05) is 13.6 Å². The van der Waals surface area contributed by atoms with Crippen LogP contribution in [0, 0.1) is 0 Å². The normalized spacial score (nSPS) is 13.4. The Morgan fingerprint density at radius 3 is 2.72 bits per heavy atom. The molecule has 0 aliphatic rings. The van der Waals surface area contributed by atoms with E-state index in [1.165, 1.54) is 10.9 Å². The third-order valence-corrected chi connectivity index (χ3v) is 3.54. The van der Waals surface area contributed by atoms with Gasteiger partial charge in [0, 0.05) is 30.2 Å². The predicted octanol–water partition coefficient (Wildman–Crippen LogP) is 2.57. The zero-order chi connectivity index (χ0) is 13.1. The Morgan fingerprint density at radius 2 is 2.06 bits per heavy atom. The summed E-state index contributed by atoms with van der Waals surface area (Å²) in [7, 11) is 2.12. The third-order valence-electron chi connectivity index (χ3n) is 3.54. The average molecular weight is 243 g/mol. The summed E-state index contributed by atoms with van der Waals surface area (Å²) in [4.78, 5) is 6.65. The molecule has 1 unspecified atom stereocenters. The Morgan fingerprint density at radius 1 is 1.28 bits per heavy atom. The molecule has 3 nitrogen and oxygen atoms in total. The molecule has 0 aliphatic carbocycles. The molecule has 1 atom stereocenters. The van der Waals surface area contributed by atoms with E-state index in [0.29, 0.717) is 12.6 Å². The van der Waals surface area contributed by atoms with Gasteiger partial charge >= 0.3 is 0 Å². The number of pyridine rings is 1. The second-order valence-corrected chi connectivity index (χ2v) is 4.97. The highest BCUT2D eigenvalue weighted by Gasteiger charge is 2.17. The van der Waals surface area contributed by atoms with Crippen molar-refractivity contribution >= 4 is 10.9 Å². The van der Waals surface area contributed by atoms with E-state index in [1.807, 2.05) is 12.3 Å². The maximum atomic E-state index is 5.93. The zero-order valence-electron chi connectivity index (χ0n) is 11.3. The summed E-state index contributed by atoms with van der Waals surface area (Å²) in [6.45, 7) is 5.00. The number of aromatic nitrogens is 1. The SMILES string of the molecule is CC(C)N(C)C(CN)c1ccc2ncccc2c1. The third kappa shape index (κ3) is 2.52. The number of hydrogen-bond acceptors (Lipinski definition) is 3. The van der Waals surface area contributed by atoms with Crippen LogP contribution in [0.4, 0.5) is 0 Å². The molecule has 1 heterocycles. The minimum atomic E-state index is 0.259. The van der Waals surface area contributed by atoms with Crippen LogP contribution in [-0.4, -0.2) is 29.5 Å². The Kier molecular flexibility index (Phi) is 3.94. The predicted molar refractivity (Wildman–Crippen MR) is 76.4 cm³/mol. The first kappa shape index (κ1) is 13.0. The molecule has 0 bridgehead atoms. The van der Waals surface area contributed by atoms with Gasteiger partial charge in [0.1, 0.15) is 0 Å².